The van der Waals surface area contributed by atoms with Crippen LogP contribution in [0.4, 0.5) is 5.69 Å². The topological polar surface area (TPSA) is 105 Å². The van der Waals surface area contributed by atoms with Crippen molar-refractivity contribution in [2.45, 2.75) is 44.2 Å². The molecule has 0 radical (unpaired) electrons. The number of anilines is 1. The number of aryl methyl sites for hydroxylation is 1. The van der Waals surface area contributed by atoms with Crippen molar-refractivity contribution >= 4 is 27.5 Å². The highest BCUT2D eigenvalue weighted by molar-refractivity contribution is 7.89. The van der Waals surface area contributed by atoms with Crippen LogP contribution in [0.3, 0.4) is 0 Å². The Balaban J connectivity index is 1.39. The van der Waals surface area contributed by atoms with Crippen LogP contribution in [-0.2, 0) is 32.6 Å². The number of hydrogen-bond acceptors (Lipinski definition) is 5. The smallest absolute Gasteiger partial charge is 0.263 e. The number of fused-ring (bicyclic) bond motifs is 1. The van der Waals surface area contributed by atoms with Gasteiger partial charge in [-0.15, -0.1) is 0 Å². The van der Waals surface area contributed by atoms with Crippen molar-refractivity contribution in [2.75, 3.05) is 18.0 Å². The Morgan fingerprint density at radius 1 is 0.947 bits per heavy atom. The van der Waals surface area contributed by atoms with Crippen molar-refractivity contribution in [3.8, 4) is 5.75 Å². The Morgan fingerprint density at radius 2 is 1.63 bits per heavy atom. The fourth-order valence-electron chi connectivity index (χ4n) is 4.09. The molecule has 38 heavy (non-hydrogen) atoms. The van der Waals surface area contributed by atoms with Crippen molar-refractivity contribution in [3.05, 3.63) is 90.0 Å². The lowest BCUT2D eigenvalue weighted by molar-refractivity contribution is -0.128. The summed E-state index contributed by atoms with van der Waals surface area (Å²) in [5.41, 5.74) is 2.45. The van der Waals surface area contributed by atoms with Crippen LogP contribution in [0.15, 0.2) is 83.8 Å². The van der Waals surface area contributed by atoms with Crippen LogP contribution < -0.4 is 19.7 Å². The lowest BCUT2D eigenvalue weighted by Gasteiger charge is -2.34. The zero-order valence-corrected chi connectivity index (χ0v) is 22.4. The SMILES string of the molecule is CC(C)CNS(=O)(=O)c1ccc(CCC(=O)N2C[C@@H](C(=O)NCc3ccccc3)Oc3ccccc32)cc1. The van der Waals surface area contributed by atoms with E-state index in [4.69, 9.17) is 4.74 Å². The highest BCUT2D eigenvalue weighted by atomic mass is 32.2. The molecule has 0 unspecified atom stereocenters. The Labute approximate surface area is 224 Å². The van der Waals surface area contributed by atoms with E-state index < -0.39 is 16.1 Å². The molecule has 0 spiro atoms. The maximum Gasteiger partial charge on any atom is 0.263 e. The number of carbonyl (C=O) groups is 2. The van der Waals surface area contributed by atoms with Gasteiger partial charge in [0.1, 0.15) is 5.75 Å². The largest absolute Gasteiger partial charge is 0.477 e. The van der Waals surface area contributed by atoms with E-state index in [2.05, 4.69) is 10.0 Å². The summed E-state index contributed by atoms with van der Waals surface area (Å²) in [7, 11) is -3.57. The first-order chi connectivity index (χ1) is 18.2. The van der Waals surface area contributed by atoms with Gasteiger partial charge in [0.05, 0.1) is 17.1 Å². The van der Waals surface area contributed by atoms with Crippen LogP contribution in [0.25, 0.3) is 0 Å². The predicted molar refractivity (Wildman–Crippen MR) is 146 cm³/mol. The minimum absolute atomic E-state index is 0.106. The van der Waals surface area contributed by atoms with Gasteiger partial charge >= 0.3 is 0 Å². The van der Waals surface area contributed by atoms with E-state index >= 15 is 0 Å². The second-order valence-corrected chi connectivity index (χ2v) is 11.4. The average molecular weight is 536 g/mol. The summed E-state index contributed by atoms with van der Waals surface area (Å²) in [5.74, 6) is 0.256. The standard InChI is InChI=1S/C29H33N3O5S/c1-21(2)18-31-38(35,36)24-15-12-22(13-16-24)14-17-28(33)32-20-27(37-26-11-7-6-10-25(26)32)29(34)30-19-23-8-4-3-5-9-23/h3-13,15-16,21,27,31H,14,17-20H2,1-2H3,(H,30,34)/t27-/m0/s1. The molecule has 3 aromatic carbocycles. The van der Waals surface area contributed by atoms with Gasteiger partial charge in [-0.1, -0.05) is 68.4 Å². The third kappa shape index (κ3) is 6.99. The van der Waals surface area contributed by atoms with E-state index in [1.54, 1.807) is 47.4 Å². The molecule has 3 aromatic rings. The van der Waals surface area contributed by atoms with Crippen molar-refractivity contribution in [3.63, 3.8) is 0 Å². The molecule has 2 amide bonds. The molecule has 0 saturated carbocycles. The molecule has 0 fully saturated rings. The Bertz CT molecular complexity index is 1360. The van der Waals surface area contributed by atoms with Crippen molar-refractivity contribution in [2.24, 2.45) is 5.92 Å². The molecule has 0 saturated heterocycles. The lowest BCUT2D eigenvalue weighted by Crippen LogP contribution is -2.50. The quantitative estimate of drug-likeness (QED) is 0.412. The maximum absolute atomic E-state index is 13.3. The first-order valence-corrected chi connectivity index (χ1v) is 14.2. The molecule has 1 aliphatic heterocycles. The van der Waals surface area contributed by atoms with Crippen molar-refractivity contribution < 1.29 is 22.7 Å². The van der Waals surface area contributed by atoms with Gasteiger partial charge in [-0.25, -0.2) is 13.1 Å². The molecule has 8 nitrogen and oxygen atoms in total. The van der Waals surface area contributed by atoms with Crippen molar-refractivity contribution in [1.29, 1.82) is 0 Å². The number of carbonyl (C=O) groups excluding carboxylic acids is 2. The summed E-state index contributed by atoms with van der Waals surface area (Å²) in [5, 5.41) is 2.89. The van der Waals surface area contributed by atoms with E-state index in [0.29, 0.717) is 30.9 Å². The summed E-state index contributed by atoms with van der Waals surface area (Å²) in [6.45, 7) is 4.72. The molecule has 1 aliphatic rings. The van der Waals surface area contributed by atoms with Gasteiger partial charge in [0.2, 0.25) is 15.9 Å². The number of nitrogens with one attached hydrogen (secondary N) is 2. The van der Waals surface area contributed by atoms with Crippen LogP contribution in [0, 0.1) is 5.92 Å². The van der Waals surface area contributed by atoms with Gasteiger partial charge in [0.25, 0.3) is 5.91 Å². The van der Waals surface area contributed by atoms with Crippen LogP contribution in [0.5, 0.6) is 5.75 Å². The average Bonchev–Trinajstić information content (AvgIpc) is 2.93. The van der Waals surface area contributed by atoms with Gasteiger partial charge < -0.3 is 15.0 Å². The Hall–Kier alpha value is -3.69. The van der Waals surface area contributed by atoms with E-state index in [1.807, 2.05) is 50.2 Å². The molecule has 0 aliphatic carbocycles. The first kappa shape index (κ1) is 27.3. The van der Waals surface area contributed by atoms with Crippen LogP contribution in [0.2, 0.25) is 0 Å². The van der Waals surface area contributed by atoms with Gasteiger partial charge in [-0.2, -0.15) is 0 Å². The minimum atomic E-state index is -3.57. The Morgan fingerprint density at radius 3 is 2.34 bits per heavy atom. The normalized spacial score (nSPS) is 15.0. The molecule has 1 atom stereocenters. The van der Waals surface area contributed by atoms with E-state index in [9.17, 15) is 18.0 Å². The van der Waals surface area contributed by atoms with E-state index in [-0.39, 0.29) is 35.6 Å². The number of para-hydroxylation sites is 2. The number of rotatable bonds is 10. The summed E-state index contributed by atoms with van der Waals surface area (Å²) in [4.78, 5) is 28.0. The molecule has 4 rings (SSSR count). The van der Waals surface area contributed by atoms with Crippen molar-refractivity contribution in [1.82, 2.24) is 10.0 Å². The van der Waals surface area contributed by atoms with E-state index in [0.717, 1.165) is 11.1 Å². The maximum atomic E-state index is 13.3. The first-order valence-electron chi connectivity index (χ1n) is 12.7. The monoisotopic (exact) mass is 535 g/mol. The molecule has 0 aromatic heterocycles. The van der Waals surface area contributed by atoms with Gasteiger partial charge in [-0.05, 0) is 47.7 Å². The van der Waals surface area contributed by atoms with Crippen LogP contribution >= 0.6 is 0 Å². The second-order valence-electron chi connectivity index (χ2n) is 9.67. The fourth-order valence-corrected chi connectivity index (χ4v) is 5.30. The minimum Gasteiger partial charge on any atom is -0.477 e. The molecule has 200 valence electrons. The summed E-state index contributed by atoms with van der Waals surface area (Å²) >= 11 is 0. The van der Waals surface area contributed by atoms with Gasteiger partial charge in [0.15, 0.2) is 6.10 Å². The molecule has 2 N–H and O–H groups in total. The predicted octanol–water partition coefficient (Wildman–Crippen LogP) is 3.66. The summed E-state index contributed by atoms with van der Waals surface area (Å²) in [6, 6.07) is 23.3. The number of nitrogens with zero attached hydrogens (tertiary/aromatic N) is 1. The number of hydrogen-bond donors (Lipinski definition) is 2. The molecule has 1 heterocycles. The third-order valence-electron chi connectivity index (χ3n) is 6.22. The lowest BCUT2D eigenvalue weighted by atomic mass is 10.1. The number of amides is 2. The number of ether oxygens (including phenoxy) is 1. The van der Waals surface area contributed by atoms with Crippen LogP contribution in [0.1, 0.15) is 31.4 Å². The zero-order chi connectivity index (χ0) is 27.1. The number of benzene rings is 3. The molecule has 9 heteroatoms. The molecular weight excluding hydrogens is 502 g/mol. The van der Waals surface area contributed by atoms with E-state index in [1.165, 1.54) is 0 Å². The summed E-state index contributed by atoms with van der Waals surface area (Å²) < 4.78 is 33.4. The molecule has 0 bridgehead atoms. The zero-order valence-electron chi connectivity index (χ0n) is 21.6. The molecular formula is C29H33N3O5S. The highest BCUT2D eigenvalue weighted by Crippen LogP contribution is 2.33. The number of sulfonamides is 1. The fraction of sp³-hybridized carbons (Fsp3) is 0.310. The summed E-state index contributed by atoms with van der Waals surface area (Å²) in [6.07, 6.45) is -0.201. The Kier molecular flexibility index (Phi) is 8.81. The van der Waals surface area contributed by atoms with Gasteiger partial charge in [0, 0.05) is 19.5 Å². The third-order valence-corrected chi connectivity index (χ3v) is 7.66. The second kappa shape index (κ2) is 12.2. The highest BCUT2D eigenvalue weighted by Gasteiger charge is 2.33. The van der Waals surface area contributed by atoms with Crippen LogP contribution in [-0.4, -0.2) is 39.4 Å². The van der Waals surface area contributed by atoms with Gasteiger partial charge in [-0.3, -0.25) is 9.59 Å².